The first-order valence-corrected chi connectivity index (χ1v) is 6.65. The number of carbonyl (C=O) groups is 1. The van der Waals surface area contributed by atoms with Crippen LogP contribution in [0.4, 0.5) is 0 Å². The molecule has 0 spiro atoms. The molecule has 2 aliphatic rings. The second-order valence-electron chi connectivity index (χ2n) is 5.61. The number of nitrogens with zero attached hydrogens (tertiary/aromatic N) is 1. The normalized spacial score (nSPS) is 29.0. The molecule has 0 aromatic rings. The lowest BCUT2D eigenvalue weighted by atomic mass is 9.81. The molecule has 1 N–H and O–H groups in total. The number of carbonyl (C=O) groups excluding carboxylic acids is 1. The predicted octanol–water partition coefficient (Wildman–Crippen LogP) is 1.78. The van der Waals surface area contributed by atoms with Gasteiger partial charge in [0.05, 0.1) is 0 Å². The number of hydrogen-bond donors (Lipinski definition) is 1. The predicted molar refractivity (Wildman–Crippen MR) is 65.2 cm³/mol. The molecule has 0 radical (unpaired) electrons. The van der Waals surface area contributed by atoms with Crippen molar-refractivity contribution in [2.24, 2.45) is 5.92 Å². The topological polar surface area (TPSA) is 32.3 Å². The molecular formula is C13H24N2O. The van der Waals surface area contributed by atoms with Crippen LogP contribution in [0.3, 0.4) is 0 Å². The molecule has 92 valence electrons. The summed E-state index contributed by atoms with van der Waals surface area (Å²) in [7, 11) is 1.91. The van der Waals surface area contributed by atoms with Gasteiger partial charge in [0.2, 0.25) is 5.91 Å². The largest absolute Gasteiger partial charge is 0.344 e. The van der Waals surface area contributed by atoms with Gasteiger partial charge in [-0.05, 0) is 25.7 Å². The maximum Gasteiger partial charge on any atom is 0.222 e. The number of hydrogen-bond acceptors (Lipinski definition) is 2. The summed E-state index contributed by atoms with van der Waals surface area (Å²) in [5.74, 6) is 1.26. The Hall–Kier alpha value is -0.570. The molecule has 1 saturated heterocycles. The van der Waals surface area contributed by atoms with Gasteiger partial charge in [-0.2, -0.15) is 0 Å². The second-order valence-corrected chi connectivity index (χ2v) is 5.61. The maximum absolute atomic E-state index is 11.4. The van der Waals surface area contributed by atoms with Crippen molar-refractivity contribution in [2.75, 3.05) is 13.6 Å². The summed E-state index contributed by atoms with van der Waals surface area (Å²) in [6.07, 6.45) is 7.32. The van der Waals surface area contributed by atoms with Crippen LogP contribution < -0.4 is 5.32 Å². The average molecular weight is 224 g/mol. The van der Waals surface area contributed by atoms with Gasteiger partial charge in [-0.1, -0.05) is 19.3 Å². The van der Waals surface area contributed by atoms with E-state index < -0.39 is 0 Å². The van der Waals surface area contributed by atoms with Gasteiger partial charge >= 0.3 is 0 Å². The minimum atomic E-state index is 0.296. The third-order valence-electron chi connectivity index (χ3n) is 4.06. The Balaban J connectivity index is 1.69. The number of piperidine rings is 1. The summed E-state index contributed by atoms with van der Waals surface area (Å²) in [6.45, 7) is 3.17. The highest BCUT2D eigenvalue weighted by Crippen LogP contribution is 2.30. The summed E-state index contributed by atoms with van der Waals surface area (Å²) < 4.78 is 0. The van der Waals surface area contributed by atoms with E-state index in [9.17, 15) is 4.79 Å². The summed E-state index contributed by atoms with van der Waals surface area (Å²) in [5, 5.41) is 3.68. The van der Waals surface area contributed by atoms with E-state index in [2.05, 4.69) is 12.2 Å². The quantitative estimate of drug-likeness (QED) is 0.789. The lowest BCUT2D eigenvalue weighted by molar-refractivity contribution is -0.132. The lowest BCUT2D eigenvalue weighted by Gasteiger charge is -2.34. The Morgan fingerprint density at radius 3 is 2.75 bits per heavy atom. The highest BCUT2D eigenvalue weighted by atomic mass is 16.2. The van der Waals surface area contributed by atoms with Crippen LogP contribution in [0.2, 0.25) is 0 Å². The Kier molecular flexibility index (Phi) is 3.85. The van der Waals surface area contributed by atoms with Gasteiger partial charge in [0.25, 0.3) is 0 Å². The Bertz CT molecular complexity index is 250. The molecule has 0 bridgehead atoms. The van der Waals surface area contributed by atoms with Crippen LogP contribution in [-0.4, -0.2) is 36.5 Å². The third kappa shape index (κ3) is 2.97. The fourth-order valence-electron chi connectivity index (χ4n) is 2.85. The van der Waals surface area contributed by atoms with Gasteiger partial charge in [-0.3, -0.25) is 4.79 Å². The minimum Gasteiger partial charge on any atom is -0.344 e. The van der Waals surface area contributed by atoms with Crippen LogP contribution in [-0.2, 0) is 4.79 Å². The van der Waals surface area contributed by atoms with Gasteiger partial charge < -0.3 is 10.2 Å². The van der Waals surface area contributed by atoms with Crippen molar-refractivity contribution in [3.8, 4) is 0 Å². The van der Waals surface area contributed by atoms with Crippen molar-refractivity contribution in [1.82, 2.24) is 10.2 Å². The van der Waals surface area contributed by atoms with Crippen LogP contribution in [0, 0.1) is 5.92 Å². The van der Waals surface area contributed by atoms with E-state index in [1.807, 2.05) is 11.9 Å². The van der Waals surface area contributed by atoms with Crippen molar-refractivity contribution in [2.45, 2.75) is 57.5 Å². The molecule has 3 nitrogen and oxygen atoms in total. The van der Waals surface area contributed by atoms with Gasteiger partial charge in [0.15, 0.2) is 0 Å². The molecule has 2 unspecified atom stereocenters. The Morgan fingerprint density at radius 1 is 1.44 bits per heavy atom. The lowest BCUT2D eigenvalue weighted by Crippen LogP contribution is -2.49. The van der Waals surface area contributed by atoms with Crippen molar-refractivity contribution < 1.29 is 4.79 Å². The first-order valence-electron chi connectivity index (χ1n) is 6.65. The molecule has 2 rings (SSSR count). The van der Waals surface area contributed by atoms with Gasteiger partial charge in [-0.25, -0.2) is 0 Å². The molecule has 2 atom stereocenters. The first-order chi connectivity index (χ1) is 7.65. The molecule has 1 amide bonds. The SMILES string of the molecule is CC(CC1CCC1)NC1CCC(=O)N(C)C1. The van der Waals surface area contributed by atoms with Crippen molar-refractivity contribution in [3.05, 3.63) is 0 Å². The molecular weight excluding hydrogens is 200 g/mol. The Labute approximate surface area is 98.6 Å². The number of likely N-dealkylation sites (tertiary alicyclic amines) is 1. The van der Waals surface area contributed by atoms with Crippen LogP contribution >= 0.6 is 0 Å². The Morgan fingerprint density at radius 2 is 2.19 bits per heavy atom. The molecule has 0 aromatic heterocycles. The fraction of sp³-hybridized carbons (Fsp3) is 0.923. The zero-order valence-corrected chi connectivity index (χ0v) is 10.5. The van der Waals surface area contributed by atoms with Gasteiger partial charge in [0.1, 0.15) is 0 Å². The van der Waals surface area contributed by atoms with E-state index in [4.69, 9.17) is 0 Å². The third-order valence-corrected chi connectivity index (χ3v) is 4.06. The molecule has 16 heavy (non-hydrogen) atoms. The summed E-state index contributed by atoms with van der Waals surface area (Å²) >= 11 is 0. The number of rotatable bonds is 4. The second kappa shape index (κ2) is 5.17. The molecule has 1 aliphatic heterocycles. The van der Waals surface area contributed by atoms with E-state index in [-0.39, 0.29) is 0 Å². The smallest absolute Gasteiger partial charge is 0.222 e. The van der Waals surface area contributed by atoms with E-state index in [0.717, 1.165) is 18.9 Å². The van der Waals surface area contributed by atoms with E-state index in [1.165, 1.54) is 25.7 Å². The highest BCUT2D eigenvalue weighted by molar-refractivity contribution is 5.76. The summed E-state index contributed by atoms with van der Waals surface area (Å²) in [4.78, 5) is 13.2. The highest BCUT2D eigenvalue weighted by Gasteiger charge is 2.25. The number of amides is 1. The first kappa shape index (κ1) is 11.9. The molecule has 0 aromatic carbocycles. The monoisotopic (exact) mass is 224 g/mol. The van der Waals surface area contributed by atoms with Crippen LogP contribution in [0.5, 0.6) is 0 Å². The van der Waals surface area contributed by atoms with E-state index in [0.29, 0.717) is 24.4 Å². The average Bonchev–Trinajstić information content (AvgIpc) is 2.18. The fourth-order valence-corrected chi connectivity index (χ4v) is 2.85. The minimum absolute atomic E-state index is 0.296. The number of likely N-dealkylation sites (N-methyl/N-ethyl adjacent to an activating group) is 1. The molecule has 1 aliphatic carbocycles. The van der Waals surface area contributed by atoms with E-state index >= 15 is 0 Å². The number of nitrogens with one attached hydrogen (secondary N) is 1. The van der Waals surface area contributed by atoms with Crippen LogP contribution in [0.1, 0.15) is 45.4 Å². The molecule has 2 fully saturated rings. The maximum atomic E-state index is 11.4. The summed E-state index contributed by atoms with van der Waals surface area (Å²) in [5.41, 5.74) is 0. The van der Waals surface area contributed by atoms with Crippen molar-refractivity contribution in [1.29, 1.82) is 0 Å². The molecule has 1 saturated carbocycles. The van der Waals surface area contributed by atoms with Crippen molar-refractivity contribution >= 4 is 5.91 Å². The molecule has 3 heteroatoms. The summed E-state index contributed by atoms with van der Waals surface area (Å²) in [6, 6.07) is 1.12. The van der Waals surface area contributed by atoms with Crippen LogP contribution in [0.25, 0.3) is 0 Å². The van der Waals surface area contributed by atoms with Crippen LogP contribution in [0.15, 0.2) is 0 Å². The van der Waals surface area contributed by atoms with Crippen molar-refractivity contribution in [3.63, 3.8) is 0 Å². The zero-order chi connectivity index (χ0) is 11.5. The zero-order valence-electron chi connectivity index (χ0n) is 10.5. The molecule has 1 heterocycles. The van der Waals surface area contributed by atoms with Gasteiger partial charge in [-0.15, -0.1) is 0 Å². The van der Waals surface area contributed by atoms with Gasteiger partial charge in [0, 0.05) is 32.1 Å². The van der Waals surface area contributed by atoms with E-state index in [1.54, 1.807) is 0 Å². The standard InChI is InChI=1S/C13H24N2O/c1-10(8-11-4-3-5-11)14-12-6-7-13(16)15(2)9-12/h10-12,14H,3-9H2,1-2H3.